The molecule has 2 amide bonds. The first-order chi connectivity index (χ1) is 15.5. The molecule has 0 fully saturated rings. The Balaban J connectivity index is 1.79. The number of anilines is 1. The fourth-order valence-electron chi connectivity index (χ4n) is 2.57. The monoisotopic (exact) mass is 497 g/mol. The fourth-order valence-corrected chi connectivity index (χ4v) is 3.89. The second-order valence-corrected chi connectivity index (χ2v) is 9.08. The molecule has 12 heteroatoms. The Bertz CT molecular complexity index is 1120. The first-order valence-corrected chi connectivity index (χ1v) is 11.5. The summed E-state index contributed by atoms with van der Waals surface area (Å²) in [5, 5.41) is 5.28. The van der Waals surface area contributed by atoms with Crippen LogP contribution in [-0.4, -0.2) is 52.5 Å². The van der Waals surface area contributed by atoms with E-state index in [1.807, 2.05) is 13.0 Å². The van der Waals surface area contributed by atoms with E-state index in [1.165, 1.54) is 38.3 Å². The Labute approximate surface area is 196 Å². The zero-order valence-corrected chi connectivity index (χ0v) is 19.7. The van der Waals surface area contributed by atoms with E-state index in [4.69, 9.17) is 21.1 Å². The minimum Gasteiger partial charge on any atom is -0.495 e. The van der Waals surface area contributed by atoms with Crippen LogP contribution >= 0.6 is 11.6 Å². The normalized spacial score (nSPS) is 11.9. The number of hydrogen-bond donors (Lipinski definition) is 3. The quantitative estimate of drug-likeness (QED) is 0.424. The van der Waals surface area contributed by atoms with Gasteiger partial charge in [-0.1, -0.05) is 17.7 Å². The largest absolute Gasteiger partial charge is 0.495 e. The van der Waals surface area contributed by atoms with E-state index in [0.29, 0.717) is 16.5 Å². The molecule has 33 heavy (non-hydrogen) atoms. The molecule has 0 spiro atoms. The number of methoxy groups -OCH3 is 1. The van der Waals surface area contributed by atoms with Crippen molar-refractivity contribution in [2.75, 3.05) is 25.6 Å². The molecule has 0 unspecified atom stereocenters. The summed E-state index contributed by atoms with van der Waals surface area (Å²) in [6.07, 6.45) is 0. The molecule has 0 aromatic heterocycles. The van der Waals surface area contributed by atoms with Crippen LogP contribution in [0, 0.1) is 6.92 Å². The number of esters is 1. The molecular weight excluding hydrogens is 474 g/mol. The van der Waals surface area contributed by atoms with Gasteiger partial charge in [0.2, 0.25) is 15.9 Å². The molecule has 0 bridgehead atoms. The highest BCUT2D eigenvalue weighted by atomic mass is 35.5. The fraction of sp³-hybridized carbons (Fsp3) is 0.286. The first-order valence-electron chi connectivity index (χ1n) is 9.67. The van der Waals surface area contributed by atoms with Gasteiger partial charge < -0.3 is 20.1 Å². The van der Waals surface area contributed by atoms with Gasteiger partial charge >= 0.3 is 5.97 Å². The summed E-state index contributed by atoms with van der Waals surface area (Å²) in [6.45, 7) is 2.07. The predicted molar refractivity (Wildman–Crippen MR) is 122 cm³/mol. The highest BCUT2D eigenvalue weighted by molar-refractivity contribution is 7.89. The van der Waals surface area contributed by atoms with Gasteiger partial charge in [0, 0.05) is 5.02 Å². The Kier molecular flexibility index (Phi) is 9.21. The number of nitrogens with one attached hydrogen (secondary N) is 3. The lowest BCUT2D eigenvalue weighted by Gasteiger charge is -2.14. The lowest BCUT2D eigenvalue weighted by atomic mass is 10.2. The van der Waals surface area contributed by atoms with Gasteiger partial charge in [0.25, 0.3) is 5.91 Å². The van der Waals surface area contributed by atoms with Crippen molar-refractivity contribution in [3.8, 4) is 5.75 Å². The molecule has 0 saturated carbocycles. The number of carbonyl (C=O) groups excluding carboxylic acids is 3. The number of ether oxygens (including phenoxy) is 2. The summed E-state index contributed by atoms with van der Waals surface area (Å²) in [4.78, 5) is 35.9. The summed E-state index contributed by atoms with van der Waals surface area (Å²) < 4.78 is 36.7. The van der Waals surface area contributed by atoms with Crippen molar-refractivity contribution in [1.29, 1.82) is 0 Å². The van der Waals surface area contributed by atoms with Crippen LogP contribution < -0.4 is 20.1 Å². The number of halogens is 1. The number of sulfonamides is 1. The standard InChI is InChI=1S/C21H24ClN3O7S/c1-13-4-9-18(31-3)17(10-13)24-19(26)11-23-20(27)12-32-21(28)14(2)25-33(29,30)16-7-5-15(22)6-8-16/h4-10,14,25H,11-12H2,1-3H3,(H,23,27)(H,24,26)/t14-/m0/s1. The van der Waals surface area contributed by atoms with E-state index >= 15 is 0 Å². The second kappa shape index (κ2) is 11.6. The minimum absolute atomic E-state index is 0.0828. The molecular formula is C21H24ClN3O7S. The van der Waals surface area contributed by atoms with Gasteiger partial charge in [0.1, 0.15) is 11.8 Å². The van der Waals surface area contributed by atoms with E-state index in [0.717, 1.165) is 5.56 Å². The van der Waals surface area contributed by atoms with Crippen molar-refractivity contribution in [1.82, 2.24) is 10.0 Å². The molecule has 0 aliphatic carbocycles. The maximum Gasteiger partial charge on any atom is 0.324 e. The Hall–Kier alpha value is -3.15. The molecule has 0 radical (unpaired) electrons. The average Bonchev–Trinajstić information content (AvgIpc) is 2.76. The summed E-state index contributed by atoms with van der Waals surface area (Å²) in [7, 11) is -2.53. The van der Waals surface area contributed by atoms with E-state index < -0.39 is 40.5 Å². The Morgan fingerprint density at radius 1 is 1.06 bits per heavy atom. The highest BCUT2D eigenvalue weighted by Gasteiger charge is 2.23. The van der Waals surface area contributed by atoms with E-state index in [9.17, 15) is 22.8 Å². The van der Waals surface area contributed by atoms with Gasteiger partial charge in [0.05, 0.1) is 24.2 Å². The van der Waals surface area contributed by atoms with Gasteiger partial charge in [-0.15, -0.1) is 0 Å². The summed E-state index contributed by atoms with van der Waals surface area (Å²) >= 11 is 5.74. The van der Waals surface area contributed by atoms with Crippen molar-refractivity contribution in [3.05, 3.63) is 53.1 Å². The first kappa shape index (κ1) is 26.1. The third-order valence-corrected chi connectivity index (χ3v) is 6.04. The van der Waals surface area contributed by atoms with Gasteiger partial charge in [-0.3, -0.25) is 14.4 Å². The SMILES string of the molecule is COc1ccc(C)cc1NC(=O)CNC(=O)COC(=O)[C@H](C)NS(=O)(=O)c1ccc(Cl)cc1. The van der Waals surface area contributed by atoms with Crippen molar-refractivity contribution in [2.45, 2.75) is 24.8 Å². The summed E-state index contributed by atoms with van der Waals surface area (Å²) in [6, 6.07) is 9.35. The maximum atomic E-state index is 12.3. The van der Waals surface area contributed by atoms with Crippen LogP contribution in [0.3, 0.4) is 0 Å². The van der Waals surface area contributed by atoms with E-state index in [1.54, 1.807) is 12.1 Å². The molecule has 0 heterocycles. The third kappa shape index (κ3) is 8.04. The minimum atomic E-state index is -3.99. The molecule has 178 valence electrons. The van der Waals surface area contributed by atoms with Crippen LogP contribution in [0.1, 0.15) is 12.5 Å². The van der Waals surface area contributed by atoms with Crippen LogP contribution in [-0.2, 0) is 29.1 Å². The molecule has 0 saturated heterocycles. The zero-order chi connectivity index (χ0) is 24.6. The average molecular weight is 498 g/mol. The smallest absolute Gasteiger partial charge is 0.324 e. The van der Waals surface area contributed by atoms with E-state index in [2.05, 4.69) is 15.4 Å². The highest BCUT2D eigenvalue weighted by Crippen LogP contribution is 2.24. The lowest BCUT2D eigenvalue weighted by molar-refractivity contribution is -0.149. The summed E-state index contributed by atoms with van der Waals surface area (Å²) in [5.74, 6) is -1.74. The molecule has 2 aromatic rings. The number of aryl methyl sites for hydroxylation is 1. The van der Waals surface area contributed by atoms with Crippen molar-refractivity contribution in [2.24, 2.45) is 0 Å². The third-order valence-electron chi connectivity index (χ3n) is 4.23. The topological polar surface area (TPSA) is 140 Å². The zero-order valence-electron chi connectivity index (χ0n) is 18.2. The molecule has 10 nitrogen and oxygen atoms in total. The van der Waals surface area contributed by atoms with Crippen LogP contribution in [0.25, 0.3) is 0 Å². The molecule has 1 atom stereocenters. The molecule has 0 aliphatic heterocycles. The molecule has 0 aliphatic rings. The van der Waals surface area contributed by atoms with Crippen LogP contribution in [0.2, 0.25) is 5.02 Å². The van der Waals surface area contributed by atoms with Crippen molar-refractivity contribution < 1.29 is 32.3 Å². The number of amides is 2. The van der Waals surface area contributed by atoms with Gasteiger partial charge in [-0.25, -0.2) is 8.42 Å². The molecule has 2 rings (SSSR count). The van der Waals surface area contributed by atoms with Crippen LogP contribution in [0.5, 0.6) is 5.75 Å². The number of rotatable bonds is 10. The number of hydrogen-bond acceptors (Lipinski definition) is 7. The maximum absolute atomic E-state index is 12.3. The van der Waals surface area contributed by atoms with E-state index in [-0.39, 0.29) is 11.4 Å². The lowest BCUT2D eigenvalue weighted by Crippen LogP contribution is -2.41. The molecule has 3 N–H and O–H groups in total. The van der Waals surface area contributed by atoms with Crippen LogP contribution in [0.4, 0.5) is 5.69 Å². The molecule has 2 aromatic carbocycles. The van der Waals surface area contributed by atoms with Gasteiger partial charge in [-0.2, -0.15) is 4.72 Å². The predicted octanol–water partition coefficient (Wildman–Crippen LogP) is 1.62. The number of benzene rings is 2. The number of carbonyl (C=O) groups is 3. The van der Waals surface area contributed by atoms with Crippen molar-refractivity contribution >= 4 is 45.1 Å². The van der Waals surface area contributed by atoms with Gasteiger partial charge in [0.15, 0.2) is 6.61 Å². The van der Waals surface area contributed by atoms with Crippen molar-refractivity contribution in [3.63, 3.8) is 0 Å². The Morgan fingerprint density at radius 2 is 1.73 bits per heavy atom. The van der Waals surface area contributed by atoms with Crippen LogP contribution in [0.15, 0.2) is 47.4 Å². The second-order valence-electron chi connectivity index (χ2n) is 6.93. The Morgan fingerprint density at radius 3 is 2.36 bits per heavy atom. The summed E-state index contributed by atoms with van der Waals surface area (Å²) in [5.41, 5.74) is 1.35. The van der Waals surface area contributed by atoms with Gasteiger partial charge in [-0.05, 0) is 55.8 Å².